The summed E-state index contributed by atoms with van der Waals surface area (Å²) in [6.07, 6.45) is 6.38. The normalized spacial score (nSPS) is 17.2. The van der Waals surface area contributed by atoms with Crippen LogP contribution in [0, 0.1) is 18.6 Å². The zero-order valence-corrected chi connectivity index (χ0v) is 22.9. The number of fused-ring (bicyclic) bond motifs is 2. The second kappa shape index (κ2) is 10.2. The van der Waals surface area contributed by atoms with Gasteiger partial charge in [-0.2, -0.15) is 0 Å². The molecule has 0 amide bonds. The summed E-state index contributed by atoms with van der Waals surface area (Å²) in [6, 6.07) is 5.74. The molecular weight excluding hydrogens is 498 g/mol. The van der Waals surface area contributed by atoms with Crippen molar-refractivity contribution in [3.8, 4) is 11.3 Å². The number of aryl methyl sites for hydroxylation is 1. The van der Waals surface area contributed by atoms with E-state index in [0.717, 1.165) is 38.8 Å². The van der Waals surface area contributed by atoms with Crippen molar-refractivity contribution in [1.82, 2.24) is 34.3 Å². The molecule has 5 heterocycles. The molecule has 1 N–H and O–H groups in total. The summed E-state index contributed by atoms with van der Waals surface area (Å²) in [5.74, 6) is 0.374. The standard InChI is InChI=1S/C29H34F2N8/c1-17(2)39-18(3)34-28-23(30)11-20(12-25(28)39)27-24(31)15-33-29(36-27)35-26-13-21-16-38(10-5-19(21)14-32-26)22-6-8-37(4)9-7-22/h11-15,17,22H,5-10,16H2,1-4H3,(H,32,33,35,36). The quantitative estimate of drug-likeness (QED) is 0.376. The van der Waals surface area contributed by atoms with Gasteiger partial charge in [-0.25, -0.2) is 28.7 Å². The van der Waals surface area contributed by atoms with Crippen LogP contribution in [-0.4, -0.2) is 67.0 Å². The van der Waals surface area contributed by atoms with Crippen molar-refractivity contribution < 1.29 is 8.78 Å². The summed E-state index contributed by atoms with van der Waals surface area (Å²) in [4.78, 5) is 22.5. The number of rotatable bonds is 5. The molecule has 0 aliphatic carbocycles. The Morgan fingerprint density at radius 3 is 2.51 bits per heavy atom. The fourth-order valence-electron chi connectivity index (χ4n) is 6.00. The number of benzene rings is 1. The van der Waals surface area contributed by atoms with E-state index in [4.69, 9.17) is 0 Å². The molecule has 0 bridgehead atoms. The van der Waals surface area contributed by atoms with Gasteiger partial charge >= 0.3 is 0 Å². The van der Waals surface area contributed by atoms with Gasteiger partial charge in [-0.05, 0) is 89.5 Å². The minimum atomic E-state index is -0.626. The van der Waals surface area contributed by atoms with Crippen LogP contribution in [0.1, 0.15) is 49.7 Å². The summed E-state index contributed by atoms with van der Waals surface area (Å²) in [6.45, 7) is 10.1. The van der Waals surface area contributed by atoms with E-state index in [0.29, 0.717) is 28.8 Å². The average Bonchev–Trinajstić information content (AvgIpc) is 3.26. The van der Waals surface area contributed by atoms with Gasteiger partial charge in [-0.1, -0.05) is 0 Å². The third-order valence-electron chi connectivity index (χ3n) is 8.03. The topological polar surface area (TPSA) is 75.0 Å². The molecule has 2 aliphatic rings. The zero-order chi connectivity index (χ0) is 27.3. The molecule has 4 aromatic rings. The molecule has 6 rings (SSSR count). The molecule has 2 aliphatic heterocycles. The van der Waals surface area contributed by atoms with Gasteiger partial charge in [0.15, 0.2) is 11.6 Å². The summed E-state index contributed by atoms with van der Waals surface area (Å²) < 4.78 is 31.9. The summed E-state index contributed by atoms with van der Waals surface area (Å²) in [5, 5.41) is 3.14. The van der Waals surface area contributed by atoms with Crippen LogP contribution in [0.15, 0.2) is 30.6 Å². The van der Waals surface area contributed by atoms with Gasteiger partial charge in [0.1, 0.15) is 22.9 Å². The Balaban J connectivity index is 1.27. The lowest BCUT2D eigenvalue weighted by molar-refractivity contribution is 0.109. The van der Waals surface area contributed by atoms with Gasteiger partial charge in [0, 0.05) is 36.9 Å². The largest absolute Gasteiger partial charge is 0.326 e. The van der Waals surface area contributed by atoms with Gasteiger partial charge in [0.2, 0.25) is 5.95 Å². The smallest absolute Gasteiger partial charge is 0.229 e. The van der Waals surface area contributed by atoms with Crippen LogP contribution in [0.3, 0.4) is 0 Å². The Morgan fingerprint density at radius 2 is 1.74 bits per heavy atom. The zero-order valence-electron chi connectivity index (χ0n) is 22.9. The second-order valence-corrected chi connectivity index (χ2v) is 11.1. The van der Waals surface area contributed by atoms with Crippen LogP contribution in [0.25, 0.3) is 22.3 Å². The van der Waals surface area contributed by atoms with Crippen molar-refractivity contribution in [2.75, 3.05) is 32.0 Å². The highest BCUT2D eigenvalue weighted by Crippen LogP contribution is 2.31. The second-order valence-electron chi connectivity index (χ2n) is 11.1. The van der Waals surface area contributed by atoms with Crippen LogP contribution >= 0.6 is 0 Å². The predicted octanol–water partition coefficient (Wildman–Crippen LogP) is 5.25. The Hall–Kier alpha value is -3.50. The molecule has 1 aromatic carbocycles. The molecule has 0 unspecified atom stereocenters. The fraction of sp³-hybridized carbons (Fsp3) is 0.448. The first-order chi connectivity index (χ1) is 18.8. The van der Waals surface area contributed by atoms with Crippen molar-refractivity contribution in [3.63, 3.8) is 0 Å². The van der Waals surface area contributed by atoms with Crippen molar-refractivity contribution in [2.45, 2.75) is 58.7 Å². The van der Waals surface area contributed by atoms with E-state index >= 15 is 4.39 Å². The molecule has 39 heavy (non-hydrogen) atoms. The lowest BCUT2D eigenvalue weighted by Crippen LogP contribution is -2.45. The summed E-state index contributed by atoms with van der Waals surface area (Å²) in [7, 11) is 2.19. The minimum absolute atomic E-state index is 0.0221. The number of nitrogens with zero attached hydrogens (tertiary/aromatic N) is 7. The highest BCUT2D eigenvalue weighted by Gasteiger charge is 2.27. The third kappa shape index (κ3) is 4.98. The first-order valence-corrected chi connectivity index (χ1v) is 13.6. The van der Waals surface area contributed by atoms with Gasteiger partial charge in [0.25, 0.3) is 0 Å². The number of likely N-dealkylation sites (tertiary alicyclic amines) is 1. The number of aromatic nitrogens is 5. The molecule has 8 nitrogen and oxygen atoms in total. The number of imidazole rings is 1. The lowest BCUT2D eigenvalue weighted by atomic mass is 9.96. The van der Waals surface area contributed by atoms with E-state index in [1.165, 1.54) is 30.0 Å². The highest BCUT2D eigenvalue weighted by atomic mass is 19.1. The highest BCUT2D eigenvalue weighted by molar-refractivity contribution is 5.83. The minimum Gasteiger partial charge on any atom is -0.326 e. The number of halogens is 2. The van der Waals surface area contributed by atoms with Gasteiger partial charge in [-0.3, -0.25) is 4.90 Å². The Kier molecular flexibility index (Phi) is 6.76. The molecule has 0 saturated carbocycles. The Labute approximate surface area is 227 Å². The SMILES string of the molecule is Cc1nc2c(F)cc(-c3nc(Nc4cc5c(cn4)CCN(C4CCN(C)CC4)C5)ncc3F)cc2n1C(C)C. The predicted molar refractivity (Wildman–Crippen MR) is 148 cm³/mol. The van der Waals surface area contributed by atoms with E-state index in [9.17, 15) is 4.39 Å². The van der Waals surface area contributed by atoms with Crippen LogP contribution < -0.4 is 5.32 Å². The first-order valence-electron chi connectivity index (χ1n) is 13.6. The monoisotopic (exact) mass is 532 g/mol. The maximum atomic E-state index is 15.0. The number of hydrogen-bond acceptors (Lipinski definition) is 7. The van der Waals surface area contributed by atoms with E-state index in [1.807, 2.05) is 37.6 Å². The van der Waals surface area contributed by atoms with Crippen LogP contribution in [-0.2, 0) is 13.0 Å². The fourth-order valence-corrected chi connectivity index (χ4v) is 6.00. The molecule has 0 atom stereocenters. The molecule has 1 fully saturated rings. The van der Waals surface area contributed by atoms with E-state index < -0.39 is 11.6 Å². The van der Waals surface area contributed by atoms with E-state index in [2.05, 4.69) is 42.1 Å². The maximum Gasteiger partial charge on any atom is 0.229 e. The maximum absolute atomic E-state index is 15.0. The Bertz CT molecular complexity index is 1520. The number of hydrogen-bond donors (Lipinski definition) is 1. The Morgan fingerprint density at radius 1 is 0.949 bits per heavy atom. The summed E-state index contributed by atoms with van der Waals surface area (Å²) in [5.41, 5.74) is 3.72. The first kappa shape index (κ1) is 25.8. The third-order valence-corrected chi connectivity index (χ3v) is 8.03. The molecular formula is C29H34F2N8. The van der Waals surface area contributed by atoms with Crippen molar-refractivity contribution in [2.24, 2.45) is 0 Å². The van der Waals surface area contributed by atoms with Crippen LogP contribution in [0.5, 0.6) is 0 Å². The molecule has 1 saturated heterocycles. The molecule has 10 heteroatoms. The van der Waals surface area contributed by atoms with Crippen LogP contribution in [0.2, 0.25) is 0 Å². The van der Waals surface area contributed by atoms with E-state index in [1.54, 1.807) is 6.07 Å². The van der Waals surface area contributed by atoms with Crippen LogP contribution in [0.4, 0.5) is 20.5 Å². The molecule has 3 aromatic heterocycles. The number of nitrogens with one attached hydrogen (secondary N) is 1. The molecule has 204 valence electrons. The number of piperidine rings is 1. The molecule has 0 radical (unpaired) electrons. The molecule has 0 spiro atoms. The lowest BCUT2D eigenvalue weighted by Gasteiger charge is -2.39. The average molecular weight is 533 g/mol. The van der Waals surface area contributed by atoms with Gasteiger partial charge in [0.05, 0.1) is 11.7 Å². The number of pyridine rings is 1. The van der Waals surface area contributed by atoms with E-state index in [-0.39, 0.29) is 23.2 Å². The van der Waals surface area contributed by atoms with Crippen molar-refractivity contribution in [3.05, 3.63) is 59.2 Å². The summed E-state index contributed by atoms with van der Waals surface area (Å²) >= 11 is 0. The van der Waals surface area contributed by atoms with Gasteiger partial charge in [-0.15, -0.1) is 0 Å². The van der Waals surface area contributed by atoms with Crippen molar-refractivity contribution >= 4 is 22.8 Å². The number of anilines is 2. The van der Waals surface area contributed by atoms with Crippen molar-refractivity contribution in [1.29, 1.82) is 0 Å². The van der Waals surface area contributed by atoms with Gasteiger partial charge < -0.3 is 14.8 Å².